The Hall–Kier alpha value is -0.970. The number of hydrogen-bond donors (Lipinski definition) is 1. The normalized spacial score (nSPS) is 10.6. The summed E-state index contributed by atoms with van der Waals surface area (Å²) in [7, 11) is 0. The number of thioether (sulfide) groups is 1. The van der Waals surface area contributed by atoms with Crippen molar-refractivity contribution in [3.05, 3.63) is 33.1 Å². The van der Waals surface area contributed by atoms with Crippen LogP contribution >= 0.6 is 11.8 Å². The maximum Gasteiger partial charge on any atom is 0.328 e. The van der Waals surface area contributed by atoms with Crippen LogP contribution < -0.4 is 11.2 Å². The number of aromatic nitrogens is 2. The van der Waals surface area contributed by atoms with Gasteiger partial charge in [-0.05, 0) is 24.3 Å². The van der Waals surface area contributed by atoms with Crippen LogP contribution in [0.15, 0.2) is 21.9 Å². The molecule has 4 nitrogen and oxygen atoms in total. The molecule has 5 heteroatoms. The summed E-state index contributed by atoms with van der Waals surface area (Å²) in [4.78, 5) is 25.2. The van der Waals surface area contributed by atoms with Crippen molar-refractivity contribution < 1.29 is 0 Å². The zero-order valence-corrected chi connectivity index (χ0v) is 11.1. The molecule has 0 saturated heterocycles. The molecule has 0 unspecified atom stereocenters. The Balaban J connectivity index is 2.23. The molecular weight excluding hydrogens is 236 g/mol. The summed E-state index contributed by atoms with van der Waals surface area (Å²) in [5, 5.41) is 0. The first kappa shape index (κ1) is 14.1. The zero-order valence-electron chi connectivity index (χ0n) is 10.3. The van der Waals surface area contributed by atoms with Crippen molar-refractivity contribution in [1.29, 1.82) is 0 Å². The van der Waals surface area contributed by atoms with Gasteiger partial charge in [-0.3, -0.25) is 9.36 Å². The van der Waals surface area contributed by atoms with Gasteiger partial charge in [-0.25, -0.2) is 4.79 Å². The minimum absolute atomic E-state index is 0.213. The van der Waals surface area contributed by atoms with E-state index in [2.05, 4.69) is 11.9 Å². The molecule has 0 spiro atoms. The van der Waals surface area contributed by atoms with Gasteiger partial charge in [0, 0.05) is 18.8 Å². The summed E-state index contributed by atoms with van der Waals surface area (Å²) < 4.78 is 1.26. The van der Waals surface area contributed by atoms with E-state index < -0.39 is 0 Å². The third-order valence-corrected chi connectivity index (χ3v) is 3.55. The van der Waals surface area contributed by atoms with Gasteiger partial charge in [0.2, 0.25) is 0 Å². The topological polar surface area (TPSA) is 54.9 Å². The summed E-state index contributed by atoms with van der Waals surface area (Å²) in [5.74, 6) is 2.39. The maximum absolute atomic E-state index is 11.4. The lowest BCUT2D eigenvalue weighted by Crippen LogP contribution is -2.33. The van der Waals surface area contributed by atoms with Crippen LogP contribution in [-0.4, -0.2) is 21.1 Å². The third-order valence-electron chi connectivity index (χ3n) is 2.57. The lowest BCUT2D eigenvalue weighted by molar-refractivity contribution is 0.551. The van der Waals surface area contributed by atoms with Crippen molar-refractivity contribution in [3.8, 4) is 0 Å². The summed E-state index contributed by atoms with van der Waals surface area (Å²) in [6.45, 7) is 2.69. The van der Waals surface area contributed by atoms with Gasteiger partial charge in [-0.1, -0.05) is 19.8 Å². The molecule has 0 aliphatic rings. The van der Waals surface area contributed by atoms with E-state index in [1.54, 1.807) is 0 Å². The summed E-state index contributed by atoms with van der Waals surface area (Å²) in [5.41, 5.74) is -0.519. The van der Waals surface area contributed by atoms with Gasteiger partial charge in [-0.2, -0.15) is 11.8 Å². The third kappa shape index (κ3) is 5.26. The van der Waals surface area contributed by atoms with Crippen LogP contribution in [0.3, 0.4) is 0 Å². The molecule has 1 rings (SSSR count). The van der Waals surface area contributed by atoms with Crippen molar-refractivity contribution in [2.24, 2.45) is 0 Å². The Kier molecular flexibility index (Phi) is 6.77. The van der Waals surface area contributed by atoms with Crippen molar-refractivity contribution >= 4 is 11.8 Å². The predicted molar refractivity (Wildman–Crippen MR) is 72.8 cm³/mol. The van der Waals surface area contributed by atoms with Crippen LogP contribution in [0.4, 0.5) is 0 Å². The number of H-pyrrole nitrogens is 1. The SMILES string of the molecule is CCSCCCCCCn1c(=O)cc[nH]c1=O. The first-order chi connectivity index (χ1) is 8.25. The highest BCUT2D eigenvalue weighted by atomic mass is 32.2. The monoisotopic (exact) mass is 256 g/mol. The Morgan fingerprint density at radius 1 is 1.24 bits per heavy atom. The number of nitrogens with zero attached hydrogens (tertiary/aromatic N) is 1. The molecule has 0 saturated carbocycles. The second-order valence-corrected chi connectivity index (χ2v) is 5.28. The molecule has 0 aromatic carbocycles. The number of rotatable bonds is 8. The van der Waals surface area contributed by atoms with Crippen LogP contribution in [0.2, 0.25) is 0 Å². The van der Waals surface area contributed by atoms with E-state index in [0.717, 1.165) is 12.8 Å². The van der Waals surface area contributed by atoms with Crippen LogP contribution in [0.1, 0.15) is 32.6 Å². The lowest BCUT2D eigenvalue weighted by Gasteiger charge is -2.03. The minimum Gasteiger partial charge on any atom is -0.314 e. The van der Waals surface area contributed by atoms with Gasteiger partial charge >= 0.3 is 5.69 Å². The summed E-state index contributed by atoms with van der Waals surface area (Å²) >= 11 is 1.96. The van der Waals surface area contributed by atoms with Gasteiger partial charge in [0.25, 0.3) is 5.56 Å². The molecule has 96 valence electrons. The quantitative estimate of drug-likeness (QED) is 0.722. The van der Waals surface area contributed by atoms with Gasteiger partial charge in [0.1, 0.15) is 0 Å². The van der Waals surface area contributed by atoms with Gasteiger partial charge in [0.05, 0.1) is 0 Å². The van der Waals surface area contributed by atoms with Gasteiger partial charge in [0.15, 0.2) is 0 Å². The van der Waals surface area contributed by atoms with Crippen molar-refractivity contribution in [1.82, 2.24) is 9.55 Å². The summed E-state index contributed by atoms with van der Waals surface area (Å²) in [6.07, 6.45) is 5.75. The van der Waals surface area contributed by atoms with E-state index in [1.165, 1.54) is 41.2 Å². The molecule has 1 N–H and O–H groups in total. The number of hydrogen-bond acceptors (Lipinski definition) is 3. The van der Waals surface area contributed by atoms with Crippen LogP contribution in [0, 0.1) is 0 Å². The largest absolute Gasteiger partial charge is 0.328 e. The van der Waals surface area contributed by atoms with Crippen molar-refractivity contribution in [3.63, 3.8) is 0 Å². The molecule has 0 radical (unpaired) electrons. The second kappa shape index (κ2) is 8.17. The second-order valence-electron chi connectivity index (χ2n) is 3.88. The molecule has 0 aliphatic carbocycles. The molecule has 0 fully saturated rings. The van der Waals surface area contributed by atoms with Gasteiger partial charge < -0.3 is 4.98 Å². The standard InChI is InChI=1S/C12H20N2O2S/c1-2-17-10-6-4-3-5-9-14-11(15)7-8-13-12(14)16/h7-8H,2-6,9-10H2,1H3,(H,13,16). The molecule has 0 aliphatic heterocycles. The van der Waals surface area contributed by atoms with Gasteiger partial charge in [-0.15, -0.1) is 0 Å². The van der Waals surface area contributed by atoms with Crippen LogP contribution in [0.5, 0.6) is 0 Å². The van der Waals surface area contributed by atoms with Crippen molar-refractivity contribution in [2.45, 2.75) is 39.2 Å². The van der Waals surface area contributed by atoms with E-state index >= 15 is 0 Å². The molecule has 0 atom stereocenters. The van der Waals surface area contributed by atoms with Crippen LogP contribution in [-0.2, 0) is 6.54 Å². The Labute approximate surface area is 105 Å². The maximum atomic E-state index is 11.4. The number of nitrogens with one attached hydrogen (secondary N) is 1. The molecule has 1 aromatic heterocycles. The first-order valence-electron chi connectivity index (χ1n) is 6.12. The average molecular weight is 256 g/mol. The Bertz CT molecular complexity index is 397. The fourth-order valence-electron chi connectivity index (χ4n) is 1.64. The number of aromatic amines is 1. The van der Waals surface area contributed by atoms with E-state index in [9.17, 15) is 9.59 Å². The highest BCUT2D eigenvalue weighted by Gasteiger charge is 1.99. The molecule has 1 heterocycles. The number of unbranched alkanes of at least 4 members (excludes halogenated alkanes) is 3. The average Bonchev–Trinajstić information content (AvgIpc) is 2.31. The molecular formula is C12H20N2O2S. The molecule has 17 heavy (non-hydrogen) atoms. The van der Waals surface area contributed by atoms with Crippen molar-refractivity contribution in [2.75, 3.05) is 11.5 Å². The highest BCUT2D eigenvalue weighted by Crippen LogP contribution is 2.07. The summed E-state index contributed by atoms with van der Waals surface area (Å²) in [6, 6.07) is 1.39. The van der Waals surface area contributed by atoms with E-state index in [4.69, 9.17) is 0 Å². The molecule has 1 aromatic rings. The zero-order chi connectivity index (χ0) is 12.5. The smallest absolute Gasteiger partial charge is 0.314 e. The fraction of sp³-hybridized carbons (Fsp3) is 0.667. The van der Waals surface area contributed by atoms with E-state index in [-0.39, 0.29) is 11.2 Å². The predicted octanol–water partition coefficient (Wildman–Crippen LogP) is 1.85. The fourth-order valence-corrected chi connectivity index (χ4v) is 2.33. The Morgan fingerprint density at radius 2 is 2.00 bits per heavy atom. The molecule has 0 bridgehead atoms. The molecule has 0 amide bonds. The minimum atomic E-state index is -0.306. The van der Waals surface area contributed by atoms with E-state index in [0.29, 0.717) is 6.54 Å². The Morgan fingerprint density at radius 3 is 2.71 bits per heavy atom. The highest BCUT2D eigenvalue weighted by molar-refractivity contribution is 7.99. The lowest BCUT2D eigenvalue weighted by atomic mass is 10.2. The van der Waals surface area contributed by atoms with Crippen LogP contribution in [0.25, 0.3) is 0 Å². The van der Waals surface area contributed by atoms with E-state index in [1.807, 2.05) is 11.8 Å². The first-order valence-corrected chi connectivity index (χ1v) is 7.27.